The molecule has 0 spiro atoms. The summed E-state index contributed by atoms with van der Waals surface area (Å²) in [6.07, 6.45) is -0.489. The topological polar surface area (TPSA) is 64.3 Å². The molecule has 4 nitrogen and oxygen atoms in total. The zero-order valence-corrected chi connectivity index (χ0v) is 14.0. The van der Waals surface area contributed by atoms with Gasteiger partial charge in [-0.15, -0.1) is 0 Å². The first-order chi connectivity index (χ1) is 11.6. The SMILES string of the molecule is CC(C)c1ccc(N)c(C#CCNC(=O)OCc2ccccc2)c1. The summed E-state index contributed by atoms with van der Waals surface area (Å²) in [7, 11) is 0. The Labute approximate surface area is 143 Å². The van der Waals surface area contributed by atoms with Crippen LogP contribution in [0.2, 0.25) is 0 Å². The van der Waals surface area contributed by atoms with Crippen molar-refractivity contribution in [2.24, 2.45) is 0 Å². The van der Waals surface area contributed by atoms with Gasteiger partial charge in [0.15, 0.2) is 0 Å². The molecule has 2 aromatic carbocycles. The van der Waals surface area contributed by atoms with Crippen LogP contribution in [-0.4, -0.2) is 12.6 Å². The normalized spacial score (nSPS) is 9.96. The number of nitrogens with two attached hydrogens (primary N) is 1. The highest BCUT2D eigenvalue weighted by atomic mass is 16.5. The summed E-state index contributed by atoms with van der Waals surface area (Å²) in [6.45, 7) is 4.68. The van der Waals surface area contributed by atoms with E-state index in [-0.39, 0.29) is 13.2 Å². The zero-order valence-electron chi connectivity index (χ0n) is 14.0. The molecule has 0 bridgehead atoms. The molecule has 0 heterocycles. The number of amides is 1. The minimum absolute atomic E-state index is 0.207. The van der Waals surface area contributed by atoms with Crippen molar-refractivity contribution in [1.82, 2.24) is 5.32 Å². The Kier molecular flexibility index (Phi) is 6.27. The van der Waals surface area contributed by atoms with E-state index in [2.05, 4.69) is 31.0 Å². The number of hydrogen-bond acceptors (Lipinski definition) is 3. The van der Waals surface area contributed by atoms with E-state index in [9.17, 15) is 4.79 Å². The fraction of sp³-hybridized carbons (Fsp3) is 0.250. The molecule has 0 saturated heterocycles. The maximum Gasteiger partial charge on any atom is 0.408 e. The smallest absolute Gasteiger partial charge is 0.408 e. The molecule has 0 aliphatic carbocycles. The summed E-state index contributed by atoms with van der Waals surface area (Å²) >= 11 is 0. The van der Waals surface area contributed by atoms with Crippen LogP contribution in [0.3, 0.4) is 0 Å². The van der Waals surface area contributed by atoms with Crippen molar-refractivity contribution in [1.29, 1.82) is 0 Å². The van der Waals surface area contributed by atoms with Crippen LogP contribution in [0.1, 0.15) is 36.5 Å². The number of ether oxygens (including phenoxy) is 1. The summed E-state index contributed by atoms with van der Waals surface area (Å²) in [5.74, 6) is 6.30. The Morgan fingerprint density at radius 3 is 2.67 bits per heavy atom. The monoisotopic (exact) mass is 322 g/mol. The van der Waals surface area contributed by atoms with Crippen molar-refractivity contribution in [3.63, 3.8) is 0 Å². The van der Waals surface area contributed by atoms with Crippen molar-refractivity contribution in [3.8, 4) is 11.8 Å². The van der Waals surface area contributed by atoms with Crippen LogP contribution >= 0.6 is 0 Å². The minimum atomic E-state index is -0.489. The van der Waals surface area contributed by atoms with E-state index in [1.807, 2.05) is 48.5 Å². The summed E-state index contributed by atoms with van der Waals surface area (Å²) in [6, 6.07) is 15.4. The van der Waals surface area contributed by atoms with E-state index in [0.29, 0.717) is 11.6 Å². The molecule has 4 heteroatoms. The molecule has 3 N–H and O–H groups in total. The van der Waals surface area contributed by atoms with Crippen LogP contribution in [-0.2, 0) is 11.3 Å². The van der Waals surface area contributed by atoms with E-state index in [0.717, 1.165) is 11.1 Å². The van der Waals surface area contributed by atoms with Crippen molar-refractivity contribution in [2.45, 2.75) is 26.4 Å². The molecule has 2 aromatic rings. The van der Waals surface area contributed by atoms with Crippen LogP contribution < -0.4 is 11.1 Å². The molecular weight excluding hydrogens is 300 g/mol. The third kappa shape index (κ3) is 5.36. The number of hydrogen-bond donors (Lipinski definition) is 2. The summed E-state index contributed by atoms with van der Waals surface area (Å²) in [5.41, 5.74) is 9.47. The van der Waals surface area contributed by atoms with Gasteiger partial charge < -0.3 is 15.8 Å². The van der Waals surface area contributed by atoms with Crippen molar-refractivity contribution >= 4 is 11.8 Å². The van der Waals surface area contributed by atoms with Gasteiger partial charge in [0, 0.05) is 11.3 Å². The lowest BCUT2D eigenvalue weighted by Gasteiger charge is -2.07. The minimum Gasteiger partial charge on any atom is -0.445 e. The molecule has 24 heavy (non-hydrogen) atoms. The maximum atomic E-state index is 11.6. The molecule has 0 aromatic heterocycles. The van der Waals surface area contributed by atoms with Crippen molar-refractivity contribution in [3.05, 3.63) is 65.2 Å². The zero-order chi connectivity index (χ0) is 17.4. The van der Waals surface area contributed by atoms with Gasteiger partial charge in [0.2, 0.25) is 0 Å². The molecule has 2 rings (SSSR count). The van der Waals surface area contributed by atoms with Crippen molar-refractivity contribution in [2.75, 3.05) is 12.3 Å². The summed E-state index contributed by atoms with van der Waals surface area (Å²) < 4.78 is 5.11. The largest absolute Gasteiger partial charge is 0.445 e. The van der Waals surface area contributed by atoms with Crippen LogP contribution in [0.15, 0.2) is 48.5 Å². The fourth-order valence-corrected chi connectivity index (χ4v) is 2.07. The molecule has 1 amide bonds. The number of carbonyl (C=O) groups is 1. The number of carbonyl (C=O) groups excluding carboxylic acids is 1. The van der Waals surface area contributed by atoms with Gasteiger partial charge in [-0.1, -0.05) is 62.1 Å². The number of nitrogens with one attached hydrogen (secondary N) is 1. The third-order valence-corrected chi connectivity index (χ3v) is 3.50. The summed E-state index contributed by atoms with van der Waals surface area (Å²) in [4.78, 5) is 11.6. The van der Waals surface area contributed by atoms with Crippen LogP contribution in [0.4, 0.5) is 10.5 Å². The molecular formula is C20H22N2O2. The Morgan fingerprint density at radius 2 is 1.96 bits per heavy atom. The van der Waals surface area contributed by atoms with E-state index >= 15 is 0 Å². The lowest BCUT2D eigenvalue weighted by molar-refractivity contribution is 0.141. The van der Waals surface area contributed by atoms with Gasteiger partial charge in [0.1, 0.15) is 6.61 Å². The van der Waals surface area contributed by atoms with Gasteiger partial charge in [-0.3, -0.25) is 0 Å². The number of alkyl carbamates (subject to hydrolysis) is 1. The van der Waals surface area contributed by atoms with E-state index in [1.165, 1.54) is 5.56 Å². The Hall–Kier alpha value is -2.93. The molecule has 124 valence electrons. The van der Waals surface area contributed by atoms with Gasteiger partial charge in [-0.25, -0.2) is 4.79 Å². The average Bonchev–Trinajstić information content (AvgIpc) is 2.59. The van der Waals surface area contributed by atoms with Gasteiger partial charge >= 0.3 is 6.09 Å². The van der Waals surface area contributed by atoms with E-state index in [4.69, 9.17) is 10.5 Å². The Morgan fingerprint density at radius 1 is 1.21 bits per heavy atom. The van der Waals surface area contributed by atoms with Gasteiger partial charge in [-0.2, -0.15) is 0 Å². The van der Waals surface area contributed by atoms with E-state index < -0.39 is 6.09 Å². The fourth-order valence-electron chi connectivity index (χ4n) is 2.07. The first-order valence-corrected chi connectivity index (χ1v) is 7.89. The van der Waals surface area contributed by atoms with Gasteiger partial charge in [0.25, 0.3) is 0 Å². The Balaban J connectivity index is 1.83. The second-order valence-electron chi connectivity index (χ2n) is 5.72. The molecule has 0 unspecified atom stereocenters. The molecule has 0 radical (unpaired) electrons. The van der Waals surface area contributed by atoms with Crippen LogP contribution in [0, 0.1) is 11.8 Å². The second kappa shape index (κ2) is 8.64. The molecule has 0 fully saturated rings. The molecule has 0 atom stereocenters. The first kappa shape index (κ1) is 17.4. The average molecular weight is 322 g/mol. The standard InChI is InChI=1S/C20H22N2O2/c1-15(2)17-10-11-19(21)18(13-17)9-6-12-22-20(23)24-14-16-7-4-3-5-8-16/h3-5,7-8,10-11,13,15H,12,14,21H2,1-2H3,(H,22,23). The second-order valence-corrected chi connectivity index (χ2v) is 5.72. The number of benzene rings is 2. The quantitative estimate of drug-likeness (QED) is 0.667. The number of anilines is 1. The first-order valence-electron chi connectivity index (χ1n) is 7.89. The lowest BCUT2D eigenvalue weighted by atomic mass is 10.00. The lowest BCUT2D eigenvalue weighted by Crippen LogP contribution is -2.24. The van der Waals surface area contributed by atoms with E-state index in [1.54, 1.807) is 0 Å². The number of nitrogen functional groups attached to an aromatic ring is 1. The van der Waals surface area contributed by atoms with Gasteiger partial charge in [-0.05, 0) is 29.2 Å². The highest BCUT2D eigenvalue weighted by Gasteiger charge is 2.03. The maximum absolute atomic E-state index is 11.6. The third-order valence-electron chi connectivity index (χ3n) is 3.50. The highest BCUT2D eigenvalue weighted by Crippen LogP contribution is 2.19. The number of rotatable bonds is 4. The molecule has 0 aliphatic heterocycles. The Bertz CT molecular complexity index is 743. The van der Waals surface area contributed by atoms with Crippen LogP contribution in [0.25, 0.3) is 0 Å². The van der Waals surface area contributed by atoms with Crippen LogP contribution in [0.5, 0.6) is 0 Å². The highest BCUT2D eigenvalue weighted by molar-refractivity contribution is 5.67. The molecule has 0 saturated carbocycles. The molecule has 0 aliphatic rings. The summed E-state index contributed by atoms with van der Waals surface area (Å²) in [5, 5.41) is 2.60. The predicted molar refractivity (Wildman–Crippen MR) is 96.5 cm³/mol. The van der Waals surface area contributed by atoms with Crippen molar-refractivity contribution < 1.29 is 9.53 Å². The van der Waals surface area contributed by atoms with Gasteiger partial charge in [0.05, 0.1) is 6.54 Å². The predicted octanol–water partition coefficient (Wildman–Crippen LogP) is 3.67.